The van der Waals surface area contributed by atoms with Crippen molar-refractivity contribution in [2.45, 2.75) is 19.6 Å². The van der Waals surface area contributed by atoms with Gasteiger partial charge >= 0.3 is 0 Å². The maximum atomic E-state index is 10.5. The van der Waals surface area contributed by atoms with Crippen molar-refractivity contribution >= 4 is 31.8 Å². The second kappa shape index (κ2) is 5.73. The summed E-state index contributed by atoms with van der Waals surface area (Å²) < 4.78 is 0. The molecule has 0 saturated carbocycles. The molecule has 0 unspecified atom stereocenters. The molecule has 92 valence electrons. The van der Waals surface area contributed by atoms with Gasteiger partial charge in [-0.1, -0.05) is 37.2 Å². The molecule has 0 aliphatic heterocycles. The summed E-state index contributed by atoms with van der Waals surface area (Å²) in [4.78, 5) is 10.5. The molecule has 1 amide bonds. The Bertz CT molecular complexity index is 574. The van der Waals surface area contributed by atoms with E-state index < -0.39 is 8.07 Å². The minimum Gasteiger partial charge on any atom is -0.328 e. The Morgan fingerprint density at radius 3 is 2.50 bits per heavy atom. The molecule has 0 aliphatic rings. The third-order valence-electron chi connectivity index (χ3n) is 2.01. The Morgan fingerprint density at radius 1 is 1.33 bits per heavy atom. The maximum absolute atomic E-state index is 10.5. The average molecular weight is 277 g/mol. The highest BCUT2D eigenvalue weighted by atomic mass is 35.5. The van der Waals surface area contributed by atoms with E-state index >= 15 is 0 Å². The molecular formula is C13H13ClN2OSi. The highest BCUT2D eigenvalue weighted by Gasteiger charge is 2.10. The number of anilines is 1. The fourth-order valence-corrected chi connectivity index (χ4v) is 1.92. The predicted octanol–water partition coefficient (Wildman–Crippen LogP) is 3.01. The smallest absolute Gasteiger partial charge is 0.211 e. The van der Waals surface area contributed by atoms with Crippen LogP contribution in [0.2, 0.25) is 24.7 Å². The second-order valence-electron chi connectivity index (χ2n) is 4.75. The lowest BCUT2D eigenvalue weighted by atomic mass is 10.1. The first-order valence-electron chi connectivity index (χ1n) is 5.34. The zero-order valence-corrected chi connectivity index (χ0v) is 12.2. The van der Waals surface area contributed by atoms with Crippen LogP contribution in [-0.4, -0.2) is 14.5 Å². The van der Waals surface area contributed by atoms with E-state index in [1.807, 2.05) is 6.07 Å². The number of nitrogens with zero attached hydrogens (tertiary/aromatic N) is 1. The van der Waals surface area contributed by atoms with E-state index in [0.29, 0.717) is 28.2 Å². The van der Waals surface area contributed by atoms with E-state index in [1.165, 1.54) is 0 Å². The van der Waals surface area contributed by atoms with E-state index in [0.717, 1.165) is 0 Å². The molecular weight excluding hydrogens is 264 g/mol. The van der Waals surface area contributed by atoms with Gasteiger partial charge in [0.1, 0.15) is 14.1 Å². The molecule has 3 nitrogen and oxygen atoms in total. The van der Waals surface area contributed by atoms with Crippen molar-refractivity contribution in [3.63, 3.8) is 0 Å². The van der Waals surface area contributed by atoms with E-state index in [9.17, 15) is 4.79 Å². The van der Waals surface area contributed by atoms with Crippen LogP contribution >= 0.6 is 11.6 Å². The molecule has 18 heavy (non-hydrogen) atoms. The van der Waals surface area contributed by atoms with E-state index in [1.54, 1.807) is 12.1 Å². The van der Waals surface area contributed by atoms with Crippen molar-refractivity contribution in [2.75, 3.05) is 5.32 Å². The number of halogens is 1. The normalized spacial score (nSPS) is 9.94. The summed E-state index contributed by atoms with van der Waals surface area (Å²) in [6.07, 6.45) is 0.567. The van der Waals surface area contributed by atoms with E-state index in [-0.39, 0.29) is 0 Å². The molecule has 0 radical (unpaired) electrons. The first kappa shape index (κ1) is 14.3. The number of hydrogen-bond acceptors (Lipinski definition) is 2. The summed E-state index contributed by atoms with van der Waals surface area (Å²) in [5.41, 5.74) is 4.69. The summed E-state index contributed by atoms with van der Waals surface area (Å²) in [6, 6.07) is 5.14. The van der Waals surface area contributed by atoms with Crippen molar-refractivity contribution in [1.29, 1.82) is 5.26 Å². The Labute approximate surface area is 113 Å². The van der Waals surface area contributed by atoms with Gasteiger partial charge < -0.3 is 5.32 Å². The van der Waals surface area contributed by atoms with Gasteiger partial charge in [0.2, 0.25) is 6.41 Å². The molecule has 1 rings (SSSR count). The Kier molecular flexibility index (Phi) is 4.55. The van der Waals surface area contributed by atoms with Crippen LogP contribution in [0.1, 0.15) is 11.1 Å². The van der Waals surface area contributed by atoms with Crippen molar-refractivity contribution in [3.05, 3.63) is 28.3 Å². The second-order valence-corrected chi connectivity index (χ2v) is 9.91. The van der Waals surface area contributed by atoms with Gasteiger partial charge in [0.15, 0.2) is 0 Å². The molecule has 1 N–H and O–H groups in total. The maximum Gasteiger partial charge on any atom is 0.211 e. The van der Waals surface area contributed by atoms with Gasteiger partial charge in [-0.25, -0.2) is 0 Å². The van der Waals surface area contributed by atoms with Gasteiger partial charge in [-0.05, 0) is 12.1 Å². The van der Waals surface area contributed by atoms with Crippen molar-refractivity contribution in [3.8, 4) is 17.5 Å². The van der Waals surface area contributed by atoms with Crippen LogP contribution in [0.3, 0.4) is 0 Å². The molecule has 0 aromatic heterocycles. The number of benzene rings is 1. The summed E-state index contributed by atoms with van der Waals surface area (Å²) in [6.45, 7) is 6.36. The zero-order chi connectivity index (χ0) is 13.8. The van der Waals surface area contributed by atoms with E-state index in [2.05, 4.69) is 36.4 Å². The number of amides is 1. The number of hydrogen-bond donors (Lipinski definition) is 1. The van der Waals surface area contributed by atoms with Crippen LogP contribution in [0, 0.1) is 22.8 Å². The molecule has 1 aromatic rings. The van der Waals surface area contributed by atoms with Crippen LogP contribution in [0.5, 0.6) is 0 Å². The fourth-order valence-electron chi connectivity index (χ4n) is 1.20. The fraction of sp³-hybridized carbons (Fsp3) is 0.231. The summed E-state index contributed by atoms with van der Waals surface area (Å²) in [5.74, 6) is 3.02. The molecule has 0 aliphatic carbocycles. The third-order valence-corrected chi connectivity index (χ3v) is 3.20. The molecule has 0 saturated heterocycles. The monoisotopic (exact) mass is 276 g/mol. The van der Waals surface area contributed by atoms with Crippen LogP contribution < -0.4 is 5.32 Å². The van der Waals surface area contributed by atoms with Gasteiger partial charge in [0.05, 0.1) is 16.3 Å². The van der Waals surface area contributed by atoms with Crippen molar-refractivity contribution in [1.82, 2.24) is 0 Å². The standard InChI is InChI=1S/C13H13ClN2OSi/c1-18(2,3)5-4-10-6-11(8-15)12(14)7-13(10)16-9-17/h6-7,9H,1-3H3,(H,16,17). The van der Waals surface area contributed by atoms with Crippen LogP contribution in [0.15, 0.2) is 12.1 Å². The Morgan fingerprint density at radius 2 is 2.00 bits per heavy atom. The Balaban J connectivity index is 3.34. The molecule has 0 bridgehead atoms. The van der Waals surface area contributed by atoms with Gasteiger partial charge in [-0.2, -0.15) is 5.26 Å². The lowest BCUT2D eigenvalue weighted by Gasteiger charge is -2.07. The first-order chi connectivity index (χ1) is 8.37. The zero-order valence-electron chi connectivity index (χ0n) is 10.5. The lowest BCUT2D eigenvalue weighted by molar-refractivity contribution is -0.105. The molecule has 0 fully saturated rings. The Hall–Kier alpha value is -1.75. The molecule has 0 atom stereocenters. The quantitative estimate of drug-likeness (QED) is 0.513. The minimum atomic E-state index is -1.52. The first-order valence-corrected chi connectivity index (χ1v) is 9.22. The summed E-state index contributed by atoms with van der Waals surface area (Å²) in [7, 11) is -1.52. The lowest BCUT2D eigenvalue weighted by Crippen LogP contribution is -2.16. The van der Waals surface area contributed by atoms with Gasteiger partial charge in [0.25, 0.3) is 0 Å². The highest BCUT2D eigenvalue weighted by Crippen LogP contribution is 2.24. The predicted molar refractivity (Wildman–Crippen MR) is 76.1 cm³/mol. The van der Waals surface area contributed by atoms with Crippen molar-refractivity contribution < 1.29 is 4.79 Å². The van der Waals surface area contributed by atoms with Crippen LogP contribution in [-0.2, 0) is 4.79 Å². The molecule has 1 aromatic carbocycles. The van der Waals surface area contributed by atoms with E-state index in [4.69, 9.17) is 16.9 Å². The number of rotatable bonds is 2. The topological polar surface area (TPSA) is 52.9 Å². The number of nitriles is 1. The SMILES string of the molecule is C[Si](C)(C)C#Cc1cc(C#N)c(Cl)cc1NC=O. The largest absolute Gasteiger partial charge is 0.328 e. The third kappa shape index (κ3) is 3.92. The number of carbonyl (C=O) groups is 1. The van der Waals surface area contributed by atoms with Crippen molar-refractivity contribution in [2.24, 2.45) is 0 Å². The van der Waals surface area contributed by atoms with Crippen LogP contribution in [0.4, 0.5) is 5.69 Å². The number of carbonyl (C=O) groups excluding carboxylic acids is 1. The highest BCUT2D eigenvalue weighted by molar-refractivity contribution is 6.83. The molecule has 5 heteroatoms. The average Bonchev–Trinajstić information content (AvgIpc) is 2.27. The summed E-state index contributed by atoms with van der Waals surface area (Å²) >= 11 is 5.91. The number of nitrogens with one attached hydrogen (secondary N) is 1. The van der Waals surface area contributed by atoms with Gasteiger partial charge in [-0.3, -0.25) is 4.79 Å². The summed E-state index contributed by atoms with van der Waals surface area (Å²) in [5, 5.41) is 11.8. The van der Waals surface area contributed by atoms with Gasteiger partial charge in [0, 0.05) is 5.56 Å². The van der Waals surface area contributed by atoms with Gasteiger partial charge in [-0.15, -0.1) is 5.54 Å². The molecule has 0 spiro atoms. The van der Waals surface area contributed by atoms with Crippen LogP contribution in [0.25, 0.3) is 0 Å². The molecule has 0 heterocycles. The minimum absolute atomic E-state index is 0.306.